The van der Waals surface area contributed by atoms with Crippen LogP contribution < -0.4 is 16.4 Å². The number of para-hydroxylation sites is 1. The summed E-state index contributed by atoms with van der Waals surface area (Å²) in [6.45, 7) is 1.33. The molecule has 11 nitrogen and oxygen atoms in total. The number of amides is 2. The molecule has 12 heteroatoms. The fourth-order valence-electron chi connectivity index (χ4n) is 2.59. The summed E-state index contributed by atoms with van der Waals surface area (Å²) in [4.78, 5) is 56.1. The van der Waals surface area contributed by atoms with Crippen LogP contribution in [0.3, 0.4) is 0 Å². The molecule has 1 aliphatic rings. The van der Waals surface area contributed by atoms with Gasteiger partial charge in [-0.15, -0.1) is 0 Å². The summed E-state index contributed by atoms with van der Waals surface area (Å²) in [5.41, 5.74) is 6.43. The van der Waals surface area contributed by atoms with Gasteiger partial charge in [-0.25, -0.2) is 14.8 Å². The molecule has 174 valence electrons. The van der Waals surface area contributed by atoms with Crippen LogP contribution in [0.4, 0.5) is 11.5 Å². The average Bonchev–Trinajstić information content (AvgIpc) is 3.60. The highest BCUT2D eigenvalue weighted by Gasteiger charge is 2.25. The lowest BCUT2D eigenvalue weighted by Crippen LogP contribution is -2.28. The highest BCUT2D eigenvalue weighted by atomic mass is 32.2. The first-order valence-corrected chi connectivity index (χ1v) is 11.1. The number of thioether (sulfide) groups is 1. The molecule has 1 saturated carbocycles. The molecule has 0 bridgehead atoms. The number of nitrogens with one attached hydrogen (secondary N) is 2. The van der Waals surface area contributed by atoms with Crippen molar-refractivity contribution >= 4 is 47.0 Å². The molecule has 1 aromatic heterocycles. The molecular weight excluding hydrogens is 450 g/mol. The van der Waals surface area contributed by atoms with Gasteiger partial charge in [-0.05, 0) is 31.9 Å². The van der Waals surface area contributed by atoms with Crippen molar-refractivity contribution in [1.29, 1.82) is 0 Å². The Kier molecular flexibility index (Phi) is 8.19. The predicted octanol–water partition coefficient (Wildman–Crippen LogP) is 1.40. The molecule has 2 aromatic rings. The molecule has 1 fully saturated rings. The SMILES string of the molecule is CCOC(=O)c1cnc(SCC(=O)OCC(=O)Nc2ccccc2C(=O)NC2CC2)nc1N. The molecule has 2 amide bonds. The molecule has 0 spiro atoms. The van der Waals surface area contributed by atoms with E-state index in [1.807, 2.05) is 0 Å². The Morgan fingerprint density at radius 1 is 1.15 bits per heavy atom. The van der Waals surface area contributed by atoms with Crippen molar-refractivity contribution in [3.05, 3.63) is 41.6 Å². The van der Waals surface area contributed by atoms with Crippen LogP contribution in [0.15, 0.2) is 35.6 Å². The summed E-state index contributed by atoms with van der Waals surface area (Å²) in [6, 6.07) is 6.77. The number of anilines is 2. The smallest absolute Gasteiger partial charge is 0.343 e. The molecular formula is C21H23N5O6S. The molecule has 1 aliphatic carbocycles. The van der Waals surface area contributed by atoms with Gasteiger partial charge in [0.05, 0.1) is 23.6 Å². The maximum Gasteiger partial charge on any atom is 0.343 e. The second-order valence-corrected chi connectivity index (χ2v) is 7.91. The minimum absolute atomic E-state index is 0.0338. The quantitative estimate of drug-likeness (QED) is 0.261. The fraction of sp³-hybridized carbons (Fsp3) is 0.333. The zero-order chi connectivity index (χ0) is 23.8. The third kappa shape index (κ3) is 7.17. The normalized spacial score (nSPS) is 12.5. The summed E-state index contributed by atoms with van der Waals surface area (Å²) in [5, 5.41) is 5.61. The molecule has 0 aliphatic heterocycles. The Morgan fingerprint density at radius 2 is 1.91 bits per heavy atom. The second kappa shape index (κ2) is 11.3. The third-order valence-corrected chi connectivity index (χ3v) is 5.17. The minimum Gasteiger partial charge on any atom is -0.462 e. The first-order chi connectivity index (χ1) is 15.9. The first kappa shape index (κ1) is 24.0. The van der Waals surface area contributed by atoms with E-state index in [0.717, 1.165) is 24.6 Å². The number of hydrogen-bond acceptors (Lipinski definition) is 10. The Balaban J connectivity index is 1.46. The van der Waals surface area contributed by atoms with Crippen molar-refractivity contribution in [2.24, 2.45) is 0 Å². The van der Waals surface area contributed by atoms with Crippen molar-refractivity contribution in [3.63, 3.8) is 0 Å². The molecule has 3 rings (SSSR count). The number of ether oxygens (including phenoxy) is 2. The standard InChI is InChI=1S/C21H23N5O6S/c1-2-31-20(30)14-9-23-21(26-18(14)22)33-11-17(28)32-10-16(27)25-15-6-4-3-5-13(15)19(29)24-12-7-8-12/h3-6,9,12H,2,7-8,10-11H2,1H3,(H,24,29)(H,25,27)(H2,22,23,26). The van der Waals surface area contributed by atoms with Crippen molar-refractivity contribution in [3.8, 4) is 0 Å². The Morgan fingerprint density at radius 3 is 2.61 bits per heavy atom. The monoisotopic (exact) mass is 473 g/mol. The largest absolute Gasteiger partial charge is 0.462 e. The summed E-state index contributed by atoms with van der Waals surface area (Å²) < 4.78 is 9.81. The average molecular weight is 474 g/mol. The lowest BCUT2D eigenvalue weighted by atomic mass is 10.1. The number of hydrogen-bond donors (Lipinski definition) is 3. The van der Waals surface area contributed by atoms with Gasteiger partial charge >= 0.3 is 11.9 Å². The van der Waals surface area contributed by atoms with E-state index in [0.29, 0.717) is 11.3 Å². The highest BCUT2D eigenvalue weighted by Crippen LogP contribution is 2.22. The van der Waals surface area contributed by atoms with Crippen molar-refractivity contribution < 1.29 is 28.7 Å². The van der Waals surface area contributed by atoms with Gasteiger partial charge < -0.3 is 25.8 Å². The number of carbonyl (C=O) groups is 4. The number of aromatic nitrogens is 2. The molecule has 0 radical (unpaired) electrons. The van der Waals surface area contributed by atoms with Gasteiger partial charge in [-0.1, -0.05) is 23.9 Å². The van der Waals surface area contributed by atoms with E-state index >= 15 is 0 Å². The van der Waals surface area contributed by atoms with Gasteiger partial charge in [0.1, 0.15) is 11.4 Å². The van der Waals surface area contributed by atoms with Crippen LogP contribution in [0.25, 0.3) is 0 Å². The molecule has 1 aromatic carbocycles. The number of rotatable bonds is 10. The highest BCUT2D eigenvalue weighted by molar-refractivity contribution is 7.99. The third-order valence-electron chi connectivity index (χ3n) is 4.33. The predicted molar refractivity (Wildman–Crippen MR) is 120 cm³/mol. The van der Waals surface area contributed by atoms with E-state index in [4.69, 9.17) is 15.2 Å². The minimum atomic E-state index is -0.674. The number of carbonyl (C=O) groups excluding carboxylic acids is 4. The molecule has 0 atom stereocenters. The Bertz CT molecular complexity index is 1060. The maximum atomic E-state index is 12.3. The van der Waals surface area contributed by atoms with Crippen LogP contribution in [0.2, 0.25) is 0 Å². The molecule has 0 saturated heterocycles. The molecule has 1 heterocycles. The van der Waals surface area contributed by atoms with Gasteiger partial charge in [-0.2, -0.15) is 0 Å². The lowest BCUT2D eigenvalue weighted by molar-refractivity contribution is -0.144. The first-order valence-electron chi connectivity index (χ1n) is 10.1. The van der Waals surface area contributed by atoms with E-state index in [2.05, 4.69) is 20.6 Å². The number of nitrogen functional groups attached to an aromatic ring is 1. The maximum absolute atomic E-state index is 12.3. The van der Waals surface area contributed by atoms with Crippen LogP contribution in [0.5, 0.6) is 0 Å². The fourth-order valence-corrected chi connectivity index (χ4v) is 3.21. The summed E-state index contributed by atoms with van der Waals surface area (Å²) in [7, 11) is 0. The van der Waals surface area contributed by atoms with Crippen molar-refractivity contribution in [1.82, 2.24) is 15.3 Å². The van der Waals surface area contributed by atoms with Crippen LogP contribution in [0.1, 0.15) is 40.5 Å². The van der Waals surface area contributed by atoms with Crippen LogP contribution >= 0.6 is 11.8 Å². The van der Waals surface area contributed by atoms with Crippen molar-refractivity contribution in [2.75, 3.05) is 30.0 Å². The van der Waals surface area contributed by atoms with E-state index in [9.17, 15) is 19.2 Å². The van der Waals surface area contributed by atoms with E-state index in [-0.39, 0.29) is 40.8 Å². The van der Waals surface area contributed by atoms with Gasteiger partial charge in [-0.3, -0.25) is 14.4 Å². The topological polar surface area (TPSA) is 163 Å². The summed E-state index contributed by atoms with van der Waals surface area (Å²) in [6.07, 6.45) is 3.11. The second-order valence-electron chi connectivity index (χ2n) is 6.96. The number of nitrogens with zero attached hydrogens (tertiary/aromatic N) is 2. The van der Waals surface area contributed by atoms with Gasteiger partial charge in [0, 0.05) is 12.2 Å². The van der Waals surface area contributed by atoms with E-state index < -0.39 is 24.5 Å². The summed E-state index contributed by atoms with van der Waals surface area (Å²) >= 11 is 0.937. The summed E-state index contributed by atoms with van der Waals surface area (Å²) in [5.74, 6) is -2.40. The Hall–Kier alpha value is -3.67. The molecule has 4 N–H and O–H groups in total. The van der Waals surface area contributed by atoms with Gasteiger partial charge in [0.2, 0.25) is 0 Å². The van der Waals surface area contributed by atoms with E-state index in [1.54, 1.807) is 31.2 Å². The van der Waals surface area contributed by atoms with Gasteiger partial charge in [0.25, 0.3) is 11.8 Å². The lowest BCUT2D eigenvalue weighted by Gasteiger charge is -2.11. The zero-order valence-corrected chi connectivity index (χ0v) is 18.6. The van der Waals surface area contributed by atoms with E-state index in [1.165, 1.54) is 6.20 Å². The van der Waals surface area contributed by atoms with Crippen molar-refractivity contribution in [2.45, 2.75) is 31.0 Å². The molecule has 33 heavy (non-hydrogen) atoms. The Labute approximate surface area is 193 Å². The molecule has 0 unspecified atom stereocenters. The van der Waals surface area contributed by atoms with Crippen LogP contribution in [-0.4, -0.2) is 58.7 Å². The number of nitrogens with two attached hydrogens (primary N) is 1. The number of benzene rings is 1. The number of esters is 2. The van der Waals surface area contributed by atoms with Crippen LogP contribution in [-0.2, 0) is 19.1 Å². The van der Waals surface area contributed by atoms with Crippen LogP contribution in [0, 0.1) is 0 Å². The van der Waals surface area contributed by atoms with Gasteiger partial charge in [0.15, 0.2) is 11.8 Å². The zero-order valence-electron chi connectivity index (χ0n) is 17.8.